The van der Waals surface area contributed by atoms with Gasteiger partial charge in [-0.25, -0.2) is 0 Å². The highest BCUT2D eigenvalue weighted by Crippen LogP contribution is 2.19. The largest absolute Gasteiger partial charge is 0.462 e. The first kappa shape index (κ1) is 64.3. The number of hydrogen-bond acceptors (Lipinski definition) is 5. The van der Waals surface area contributed by atoms with Gasteiger partial charge in [0.25, 0.3) is 0 Å². The maximum absolute atomic E-state index is 13.3. The Kier molecular flexibility index (Phi) is 52.9. The van der Waals surface area contributed by atoms with Gasteiger partial charge in [-0.1, -0.05) is 276 Å². The Morgan fingerprint density at radius 2 is 0.773 bits per heavy atom. The summed E-state index contributed by atoms with van der Waals surface area (Å²) in [4.78, 5) is 26.3. The van der Waals surface area contributed by atoms with Crippen molar-refractivity contribution >= 4 is 11.9 Å². The zero-order valence-electron chi connectivity index (χ0n) is 44.6. The maximum Gasteiger partial charge on any atom is 0.306 e. The Morgan fingerprint density at radius 1 is 0.439 bits per heavy atom. The van der Waals surface area contributed by atoms with Gasteiger partial charge in [-0.05, 0) is 57.8 Å². The summed E-state index contributed by atoms with van der Waals surface area (Å²) in [6.07, 6.45) is 63.8. The summed E-state index contributed by atoms with van der Waals surface area (Å²) in [7, 11) is 0. The number of rotatable bonds is 54. The summed E-state index contributed by atoms with van der Waals surface area (Å²) < 4.78 is 5.97. The second-order valence-corrected chi connectivity index (χ2v) is 20.4. The molecule has 66 heavy (non-hydrogen) atoms. The molecule has 0 bridgehead atoms. The van der Waals surface area contributed by atoms with E-state index in [9.17, 15) is 19.8 Å². The molecule has 0 heterocycles. The van der Waals surface area contributed by atoms with Gasteiger partial charge < -0.3 is 20.3 Å². The number of nitrogens with one attached hydrogen (secondary N) is 1. The van der Waals surface area contributed by atoms with E-state index in [4.69, 9.17) is 4.74 Å². The number of ether oxygens (including phenoxy) is 1. The predicted octanol–water partition coefficient (Wildman–Crippen LogP) is 18.2. The number of unbranched alkanes of at least 4 members (excludes halogenated alkanes) is 38. The number of carbonyl (C=O) groups is 2. The molecule has 0 aliphatic carbocycles. The van der Waals surface area contributed by atoms with Crippen molar-refractivity contribution in [2.75, 3.05) is 6.61 Å². The number of amides is 1. The molecule has 6 heteroatoms. The van der Waals surface area contributed by atoms with E-state index in [-0.39, 0.29) is 24.9 Å². The highest BCUT2D eigenvalue weighted by molar-refractivity contribution is 5.77. The molecule has 0 aliphatic rings. The minimum Gasteiger partial charge on any atom is -0.462 e. The Balaban J connectivity index is 4.50. The first-order valence-corrected chi connectivity index (χ1v) is 29.6. The number of aliphatic hydroxyl groups is 2. The van der Waals surface area contributed by atoms with Crippen molar-refractivity contribution in [1.82, 2.24) is 5.32 Å². The third kappa shape index (κ3) is 48.8. The lowest BCUT2D eigenvalue weighted by atomic mass is 10.0. The lowest BCUT2D eigenvalue weighted by molar-refractivity contribution is -0.151. The highest BCUT2D eigenvalue weighted by Gasteiger charge is 2.24. The van der Waals surface area contributed by atoms with Gasteiger partial charge in [-0.2, -0.15) is 0 Å². The number of aliphatic hydroxyl groups excluding tert-OH is 2. The van der Waals surface area contributed by atoms with E-state index in [0.29, 0.717) is 19.3 Å². The van der Waals surface area contributed by atoms with Crippen LogP contribution in [0, 0.1) is 0 Å². The Labute approximate surface area is 411 Å². The van der Waals surface area contributed by atoms with E-state index < -0.39 is 18.2 Å². The molecule has 0 radical (unpaired) electrons. The van der Waals surface area contributed by atoms with Crippen LogP contribution < -0.4 is 5.32 Å². The molecule has 0 rings (SSSR count). The van der Waals surface area contributed by atoms with Crippen LogP contribution in [0.4, 0.5) is 0 Å². The zero-order chi connectivity index (χ0) is 48.1. The van der Waals surface area contributed by atoms with Crippen molar-refractivity contribution in [3.05, 3.63) is 24.3 Å². The molecule has 0 aromatic rings. The molecule has 0 aromatic carbocycles. The van der Waals surface area contributed by atoms with Gasteiger partial charge in [-0.15, -0.1) is 0 Å². The molecule has 0 fully saturated rings. The molecule has 3 N–H and O–H groups in total. The van der Waals surface area contributed by atoms with Crippen molar-refractivity contribution in [2.45, 2.75) is 341 Å². The van der Waals surface area contributed by atoms with Crippen LogP contribution in [0.25, 0.3) is 0 Å². The predicted molar refractivity (Wildman–Crippen MR) is 287 cm³/mol. The van der Waals surface area contributed by atoms with Crippen LogP contribution in [0.15, 0.2) is 24.3 Å². The van der Waals surface area contributed by atoms with Gasteiger partial charge >= 0.3 is 5.97 Å². The number of hydrogen-bond donors (Lipinski definition) is 3. The van der Waals surface area contributed by atoms with Gasteiger partial charge in [0.05, 0.1) is 25.2 Å². The summed E-state index contributed by atoms with van der Waals surface area (Å²) in [5.41, 5.74) is 0. The van der Waals surface area contributed by atoms with Crippen LogP contribution in [-0.2, 0) is 14.3 Å². The van der Waals surface area contributed by atoms with Crippen molar-refractivity contribution in [3.63, 3.8) is 0 Å². The molecular weight excluding hydrogens is 815 g/mol. The maximum atomic E-state index is 13.3. The molecular formula is C60H115NO5. The minimum atomic E-state index is -0.786. The van der Waals surface area contributed by atoms with Crippen LogP contribution in [0.5, 0.6) is 0 Å². The minimum absolute atomic E-state index is 0.0807. The van der Waals surface area contributed by atoms with E-state index in [0.717, 1.165) is 57.8 Å². The quantitative estimate of drug-likeness (QED) is 0.0321. The molecule has 3 unspecified atom stereocenters. The highest BCUT2D eigenvalue weighted by atomic mass is 16.5. The van der Waals surface area contributed by atoms with Gasteiger partial charge in [0.2, 0.25) is 5.91 Å². The van der Waals surface area contributed by atoms with Gasteiger partial charge in [0, 0.05) is 6.42 Å². The first-order valence-electron chi connectivity index (χ1n) is 29.6. The summed E-state index contributed by atoms with van der Waals surface area (Å²) in [5, 5.41) is 23.9. The molecule has 6 nitrogen and oxygen atoms in total. The number of allylic oxidation sites excluding steroid dienone is 4. The summed E-state index contributed by atoms with van der Waals surface area (Å²) in [6.45, 7) is 6.50. The third-order valence-corrected chi connectivity index (χ3v) is 13.8. The standard InChI is InChI=1S/C60H115NO5/c1-4-7-10-13-16-19-22-25-28-30-32-35-38-41-44-47-50-53-60(65)66-56(51-48-45-42-39-36-33-27-24-21-18-15-12-9-6-3)54-59(64)61-57(55-62)58(63)52-49-46-43-40-37-34-31-29-26-23-20-17-14-11-8-5-2/h16,19,25,28,56-58,62-63H,4-15,17-18,20-24,26-27,29-55H2,1-3H3,(H,61,64)/b19-16-,28-25-. The SMILES string of the molecule is CCCCC/C=C\C/C=C\CCCCCCCCCC(=O)OC(CCCCCCCCCCCCCCCC)CC(=O)NC(CO)C(O)CCCCCCCCCCCCCCCCCC. The smallest absolute Gasteiger partial charge is 0.306 e. The van der Waals surface area contributed by atoms with Gasteiger partial charge in [0.1, 0.15) is 6.10 Å². The van der Waals surface area contributed by atoms with Gasteiger partial charge in [0.15, 0.2) is 0 Å². The fourth-order valence-electron chi connectivity index (χ4n) is 9.29. The fraction of sp³-hybridized carbons (Fsp3) is 0.900. The van der Waals surface area contributed by atoms with Gasteiger partial charge in [-0.3, -0.25) is 9.59 Å². The van der Waals surface area contributed by atoms with Crippen LogP contribution >= 0.6 is 0 Å². The molecule has 390 valence electrons. The second kappa shape index (κ2) is 54.3. The topological polar surface area (TPSA) is 95.9 Å². The van der Waals surface area contributed by atoms with E-state index in [1.54, 1.807) is 0 Å². The van der Waals surface area contributed by atoms with E-state index in [2.05, 4.69) is 50.4 Å². The summed E-state index contributed by atoms with van der Waals surface area (Å²) >= 11 is 0. The van der Waals surface area contributed by atoms with Crippen LogP contribution in [-0.4, -0.2) is 46.9 Å². The first-order chi connectivity index (χ1) is 32.5. The van der Waals surface area contributed by atoms with E-state index >= 15 is 0 Å². The average molecular weight is 931 g/mol. The van der Waals surface area contributed by atoms with E-state index in [1.807, 2.05) is 0 Å². The Morgan fingerprint density at radius 3 is 1.18 bits per heavy atom. The molecule has 0 saturated carbocycles. The molecule has 3 atom stereocenters. The normalized spacial score (nSPS) is 13.2. The van der Waals surface area contributed by atoms with Crippen molar-refractivity contribution in [3.8, 4) is 0 Å². The van der Waals surface area contributed by atoms with Crippen LogP contribution in [0.1, 0.15) is 323 Å². The number of esters is 1. The van der Waals surface area contributed by atoms with Crippen molar-refractivity contribution in [2.24, 2.45) is 0 Å². The third-order valence-electron chi connectivity index (χ3n) is 13.8. The molecule has 0 spiro atoms. The fourth-order valence-corrected chi connectivity index (χ4v) is 9.29. The Hall–Kier alpha value is -1.66. The summed E-state index contributed by atoms with van der Waals surface area (Å²) in [6, 6.07) is -0.699. The molecule has 0 aromatic heterocycles. The monoisotopic (exact) mass is 930 g/mol. The second-order valence-electron chi connectivity index (χ2n) is 20.4. The van der Waals surface area contributed by atoms with Crippen LogP contribution in [0.3, 0.4) is 0 Å². The summed E-state index contributed by atoms with van der Waals surface area (Å²) in [5.74, 6) is -0.462. The molecule has 1 amide bonds. The van der Waals surface area contributed by atoms with Crippen LogP contribution in [0.2, 0.25) is 0 Å². The zero-order valence-corrected chi connectivity index (χ0v) is 44.6. The molecule has 0 aliphatic heterocycles. The average Bonchev–Trinajstić information content (AvgIpc) is 3.31. The lowest BCUT2D eigenvalue weighted by Gasteiger charge is -2.24. The van der Waals surface area contributed by atoms with Crippen molar-refractivity contribution in [1.29, 1.82) is 0 Å². The Bertz CT molecular complexity index is 1040. The lowest BCUT2D eigenvalue weighted by Crippen LogP contribution is -2.46. The van der Waals surface area contributed by atoms with E-state index in [1.165, 1.54) is 218 Å². The number of carbonyl (C=O) groups excluding carboxylic acids is 2. The van der Waals surface area contributed by atoms with Crippen molar-refractivity contribution < 1.29 is 24.5 Å². The molecule has 0 saturated heterocycles.